The predicted molar refractivity (Wildman–Crippen MR) is 63.7 cm³/mol. The maximum Gasteiger partial charge on any atom is 0.225 e. The highest BCUT2D eigenvalue weighted by atomic mass is 16.2. The first-order valence-electron chi connectivity index (χ1n) is 6.40. The van der Waals surface area contributed by atoms with Crippen molar-refractivity contribution in [2.75, 3.05) is 6.54 Å². The SMILES string of the molecule is CCC(C)(CC)C(=O)NCC1CCCC1. The quantitative estimate of drug-likeness (QED) is 0.743. The Morgan fingerprint density at radius 1 is 1.27 bits per heavy atom. The molecule has 1 amide bonds. The lowest BCUT2D eigenvalue weighted by molar-refractivity contribution is -0.130. The Balaban J connectivity index is 2.33. The van der Waals surface area contributed by atoms with E-state index in [9.17, 15) is 4.79 Å². The van der Waals surface area contributed by atoms with Crippen LogP contribution in [0.15, 0.2) is 0 Å². The molecule has 1 saturated carbocycles. The van der Waals surface area contributed by atoms with Crippen LogP contribution in [0.5, 0.6) is 0 Å². The van der Waals surface area contributed by atoms with Crippen LogP contribution in [0.25, 0.3) is 0 Å². The van der Waals surface area contributed by atoms with Crippen molar-refractivity contribution < 1.29 is 4.79 Å². The summed E-state index contributed by atoms with van der Waals surface area (Å²) < 4.78 is 0. The van der Waals surface area contributed by atoms with Gasteiger partial charge in [0.05, 0.1) is 0 Å². The summed E-state index contributed by atoms with van der Waals surface area (Å²) in [6.45, 7) is 7.16. The Bertz CT molecular complexity index is 203. The molecule has 0 aromatic heterocycles. The van der Waals surface area contributed by atoms with Crippen LogP contribution >= 0.6 is 0 Å². The molecule has 0 saturated heterocycles. The Kier molecular flexibility index (Phi) is 4.62. The number of amides is 1. The average Bonchev–Trinajstić information content (AvgIpc) is 2.77. The van der Waals surface area contributed by atoms with Crippen LogP contribution in [0.2, 0.25) is 0 Å². The number of hydrogen-bond donors (Lipinski definition) is 1. The highest BCUT2D eigenvalue weighted by Crippen LogP contribution is 2.27. The Morgan fingerprint density at radius 2 is 1.80 bits per heavy atom. The number of carbonyl (C=O) groups is 1. The average molecular weight is 211 g/mol. The van der Waals surface area contributed by atoms with Crippen LogP contribution in [0.1, 0.15) is 59.3 Å². The number of nitrogens with one attached hydrogen (secondary N) is 1. The normalized spacial score (nSPS) is 18.1. The van der Waals surface area contributed by atoms with Gasteiger partial charge < -0.3 is 5.32 Å². The summed E-state index contributed by atoms with van der Waals surface area (Å²) in [7, 11) is 0. The van der Waals surface area contributed by atoms with E-state index in [1.165, 1.54) is 25.7 Å². The van der Waals surface area contributed by atoms with Crippen molar-refractivity contribution in [2.24, 2.45) is 11.3 Å². The third-order valence-corrected chi connectivity index (χ3v) is 4.13. The van der Waals surface area contributed by atoms with Crippen LogP contribution in [-0.2, 0) is 4.79 Å². The standard InChI is InChI=1S/C13H25NO/c1-4-13(3,5-2)12(15)14-10-11-8-6-7-9-11/h11H,4-10H2,1-3H3,(H,14,15). The van der Waals surface area contributed by atoms with Gasteiger partial charge in [0.2, 0.25) is 5.91 Å². The molecule has 0 aromatic rings. The molecule has 15 heavy (non-hydrogen) atoms. The molecule has 2 nitrogen and oxygen atoms in total. The van der Waals surface area contributed by atoms with E-state index >= 15 is 0 Å². The summed E-state index contributed by atoms with van der Waals surface area (Å²) in [5, 5.41) is 3.13. The predicted octanol–water partition coefficient (Wildman–Crippen LogP) is 3.12. The number of hydrogen-bond acceptors (Lipinski definition) is 1. The molecule has 0 heterocycles. The van der Waals surface area contributed by atoms with Crippen molar-refractivity contribution in [2.45, 2.75) is 59.3 Å². The summed E-state index contributed by atoms with van der Waals surface area (Å²) in [5.74, 6) is 0.992. The van der Waals surface area contributed by atoms with Gasteiger partial charge in [-0.3, -0.25) is 4.79 Å². The van der Waals surface area contributed by atoms with E-state index in [0.717, 1.165) is 25.3 Å². The van der Waals surface area contributed by atoms with Crippen LogP contribution in [0.4, 0.5) is 0 Å². The summed E-state index contributed by atoms with van der Waals surface area (Å²) in [6.07, 6.45) is 7.16. The molecule has 1 fully saturated rings. The van der Waals surface area contributed by atoms with E-state index in [0.29, 0.717) is 0 Å². The summed E-state index contributed by atoms with van der Waals surface area (Å²) >= 11 is 0. The molecule has 0 aliphatic heterocycles. The van der Waals surface area contributed by atoms with E-state index < -0.39 is 0 Å². The fraction of sp³-hybridized carbons (Fsp3) is 0.923. The molecule has 1 N–H and O–H groups in total. The minimum absolute atomic E-state index is 0.154. The zero-order chi connectivity index (χ0) is 11.3. The van der Waals surface area contributed by atoms with Gasteiger partial charge in [-0.1, -0.05) is 33.6 Å². The van der Waals surface area contributed by atoms with E-state index in [1.54, 1.807) is 0 Å². The maximum absolute atomic E-state index is 12.0. The Hall–Kier alpha value is -0.530. The zero-order valence-corrected chi connectivity index (χ0v) is 10.4. The molecule has 88 valence electrons. The van der Waals surface area contributed by atoms with E-state index in [-0.39, 0.29) is 11.3 Å². The second kappa shape index (κ2) is 5.53. The highest BCUT2D eigenvalue weighted by molar-refractivity contribution is 5.82. The smallest absolute Gasteiger partial charge is 0.225 e. The molecular weight excluding hydrogens is 186 g/mol. The molecule has 0 bridgehead atoms. The molecule has 0 spiro atoms. The van der Waals surface area contributed by atoms with Crippen LogP contribution in [0.3, 0.4) is 0 Å². The lowest BCUT2D eigenvalue weighted by atomic mass is 9.83. The second-order valence-corrected chi connectivity index (χ2v) is 5.13. The van der Waals surface area contributed by atoms with Gasteiger partial charge in [0.15, 0.2) is 0 Å². The fourth-order valence-corrected chi connectivity index (χ4v) is 2.24. The van der Waals surface area contributed by atoms with Gasteiger partial charge in [0, 0.05) is 12.0 Å². The third kappa shape index (κ3) is 3.22. The highest BCUT2D eigenvalue weighted by Gasteiger charge is 2.29. The molecule has 0 atom stereocenters. The van der Waals surface area contributed by atoms with Gasteiger partial charge in [-0.15, -0.1) is 0 Å². The first-order valence-corrected chi connectivity index (χ1v) is 6.40. The van der Waals surface area contributed by atoms with Crippen molar-refractivity contribution >= 4 is 5.91 Å². The summed E-state index contributed by atoms with van der Waals surface area (Å²) in [4.78, 5) is 12.0. The minimum Gasteiger partial charge on any atom is -0.355 e. The van der Waals surface area contributed by atoms with E-state index in [4.69, 9.17) is 0 Å². The lowest BCUT2D eigenvalue weighted by Crippen LogP contribution is -2.40. The first kappa shape index (κ1) is 12.5. The van der Waals surface area contributed by atoms with Gasteiger partial charge in [-0.2, -0.15) is 0 Å². The minimum atomic E-state index is -0.154. The van der Waals surface area contributed by atoms with Crippen LogP contribution < -0.4 is 5.32 Å². The first-order chi connectivity index (χ1) is 7.12. The maximum atomic E-state index is 12.0. The van der Waals surface area contributed by atoms with Gasteiger partial charge in [0.1, 0.15) is 0 Å². The molecule has 0 radical (unpaired) electrons. The zero-order valence-electron chi connectivity index (χ0n) is 10.4. The molecule has 1 aliphatic rings. The van der Waals surface area contributed by atoms with Crippen molar-refractivity contribution in [3.8, 4) is 0 Å². The fourth-order valence-electron chi connectivity index (χ4n) is 2.24. The van der Waals surface area contributed by atoms with Crippen molar-refractivity contribution in [1.82, 2.24) is 5.32 Å². The molecule has 0 aromatic carbocycles. The summed E-state index contributed by atoms with van der Waals surface area (Å²) in [5.41, 5.74) is -0.154. The van der Waals surface area contributed by atoms with Gasteiger partial charge in [-0.05, 0) is 31.6 Å². The second-order valence-electron chi connectivity index (χ2n) is 5.13. The molecular formula is C13H25NO. The molecule has 0 unspecified atom stereocenters. The monoisotopic (exact) mass is 211 g/mol. The van der Waals surface area contributed by atoms with Gasteiger partial charge >= 0.3 is 0 Å². The van der Waals surface area contributed by atoms with Crippen molar-refractivity contribution in [1.29, 1.82) is 0 Å². The largest absolute Gasteiger partial charge is 0.355 e. The van der Waals surface area contributed by atoms with Crippen molar-refractivity contribution in [3.05, 3.63) is 0 Å². The van der Waals surface area contributed by atoms with Crippen LogP contribution in [-0.4, -0.2) is 12.5 Å². The van der Waals surface area contributed by atoms with Crippen LogP contribution in [0, 0.1) is 11.3 Å². The van der Waals surface area contributed by atoms with E-state index in [1.807, 2.05) is 0 Å². The molecule has 1 rings (SSSR count). The number of carbonyl (C=O) groups excluding carboxylic acids is 1. The summed E-state index contributed by atoms with van der Waals surface area (Å²) in [6, 6.07) is 0. The van der Waals surface area contributed by atoms with Gasteiger partial charge in [-0.25, -0.2) is 0 Å². The van der Waals surface area contributed by atoms with Crippen molar-refractivity contribution in [3.63, 3.8) is 0 Å². The Morgan fingerprint density at radius 3 is 2.27 bits per heavy atom. The Labute approximate surface area is 93.8 Å². The third-order valence-electron chi connectivity index (χ3n) is 4.13. The van der Waals surface area contributed by atoms with E-state index in [2.05, 4.69) is 26.1 Å². The molecule has 1 aliphatic carbocycles. The topological polar surface area (TPSA) is 29.1 Å². The molecule has 2 heteroatoms. The lowest BCUT2D eigenvalue weighted by Gasteiger charge is -2.26. The van der Waals surface area contributed by atoms with Gasteiger partial charge in [0.25, 0.3) is 0 Å². The number of rotatable bonds is 5.